The van der Waals surface area contributed by atoms with E-state index in [1.165, 1.54) is 9.87 Å². The zero-order chi connectivity index (χ0) is 20.1. The number of aromatic nitrogens is 1. The van der Waals surface area contributed by atoms with Crippen LogP contribution in [0.1, 0.15) is 38.7 Å². The van der Waals surface area contributed by atoms with Crippen LogP contribution in [0, 0.1) is 5.92 Å². The van der Waals surface area contributed by atoms with E-state index >= 15 is 0 Å². The van der Waals surface area contributed by atoms with Crippen LogP contribution in [-0.4, -0.2) is 42.6 Å². The molecule has 7 nitrogen and oxygen atoms in total. The summed E-state index contributed by atoms with van der Waals surface area (Å²) in [4.78, 5) is 12.6. The van der Waals surface area contributed by atoms with Crippen LogP contribution in [0.2, 0.25) is 0 Å². The Morgan fingerprint density at radius 1 is 1.29 bits per heavy atom. The predicted octanol–water partition coefficient (Wildman–Crippen LogP) is 3.29. The summed E-state index contributed by atoms with van der Waals surface area (Å²) in [6.07, 6.45) is 2.86. The van der Waals surface area contributed by atoms with Gasteiger partial charge in [0.2, 0.25) is 21.8 Å². The fraction of sp³-hybridized carbons (Fsp3) is 0.500. The van der Waals surface area contributed by atoms with Gasteiger partial charge in [0.15, 0.2) is 0 Å². The van der Waals surface area contributed by atoms with E-state index in [4.69, 9.17) is 4.52 Å². The molecule has 0 aliphatic carbocycles. The Morgan fingerprint density at radius 3 is 2.71 bits per heavy atom. The van der Waals surface area contributed by atoms with E-state index < -0.39 is 15.9 Å². The van der Waals surface area contributed by atoms with Gasteiger partial charge in [0.05, 0.1) is 11.7 Å². The number of carbonyl (C=O) groups is 1. The normalized spacial score (nSPS) is 18.1. The summed E-state index contributed by atoms with van der Waals surface area (Å²) in [6.45, 7) is 4.63. The summed E-state index contributed by atoms with van der Waals surface area (Å²) < 4.78 is 31.3. The number of nitrogens with one attached hydrogen (secondary N) is 1. The average molecular weight is 406 g/mol. The lowest BCUT2D eigenvalue weighted by atomic mass is 9.99. The van der Waals surface area contributed by atoms with Gasteiger partial charge in [-0.25, -0.2) is 12.7 Å². The molecule has 1 unspecified atom stereocenters. The molecule has 3 rings (SSSR count). The molecule has 1 aromatic heterocycles. The number of nitrogens with zero attached hydrogens (tertiary/aromatic N) is 2. The number of carbonyl (C=O) groups excluding carboxylic acids is 1. The lowest BCUT2D eigenvalue weighted by Crippen LogP contribution is -2.44. The molecule has 1 atom stereocenters. The highest BCUT2D eigenvalue weighted by atomic mass is 32.2. The number of sulfonamides is 1. The average Bonchev–Trinajstić information content (AvgIpc) is 3.16. The van der Waals surface area contributed by atoms with Gasteiger partial charge < -0.3 is 4.52 Å². The van der Waals surface area contributed by atoms with Crippen LogP contribution in [0.4, 0.5) is 5.88 Å². The first-order chi connectivity index (χ1) is 13.4. The first-order valence-electron chi connectivity index (χ1n) is 9.77. The molecule has 2 heterocycles. The standard InChI is InChI=1S/C20H27N3O4S/c1-3-12-28(25,26)23-11-5-6-17(14-23)20(24)21-19-13-18(22-27-19)16-9-7-15(4-2)8-10-16/h7-10,13,17H,3-6,11-12,14H2,1-2H3,(H,21,24). The van der Waals surface area contributed by atoms with Crippen molar-refractivity contribution in [2.45, 2.75) is 39.5 Å². The molecule has 0 spiro atoms. The van der Waals surface area contributed by atoms with Crippen LogP contribution in [0.3, 0.4) is 0 Å². The van der Waals surface area contributed by atoms with Crippen molar-refractivity contribution in [3.8, 4) is 11.3 Å². The summed E-state index contributed by atoms with van der Waals surface area (Å²) in [5.41, 5.74) is 2.80. The number of amides is 1. The molecule has 1 fully saturated rings. The molecule has 8 heteroatoms. The Kier molecular flexibility index (Phi) is 6.51. The molecule has 1 N–H and O–H groups in total. The van der Waals surface area contributed by atoms with Gasteiger partial charge in [-0.15, -0.1) is 0 Å². The minimum absolute atomic E-state index is 0.115. The Bertz CT molecular complexity index is 906. The van der Waals surface area contributed by atoms with E-state index in [-0.39, 0.29) is 24.1 Å². The van der Waals surface area contributed by atoms with Gasteiger partial charge in [0.25, 0.3) is 0 Å². The lowest BCUT2D eigenvalue weighted by molar-refractivity contribution is -0.121. The van der Waals surface area contributed by atoms with Crippen LogP contribution < -0.4 is 5.32 Å². The fourth-order valence-electron chi connectivity index (χ4n) is 3.40. The number of aryl methyl sites for hydroxylation is 1. The fourth-order valence-corrected chi connectivity index (χ4v) is 4.99. The molecule has 0 bridgehead atoms. The van der Waals surface area contributed by atoms with Gasteiger partial charge in [0, 0.05) is 24.7 Å². The lowest BCUT2D eigenvalue weighted by Gasteiger charge is -2.30. The molecule has 2 aromatic rings. The first-order valence-corrected chi connectivity index (χ1v) is 11.4. The molecule has 1 amide bonds. The van der Waals surface area contributed by atoms with Gasteiger partial charge in [-0.1, -0.05) is 43.3 Å². The second-order valence-corrected chi connectivity index (χ2v) is 9.22. The molecular formula is C20H27N3O4S. The highest BCUT2D eigenvalue weighted by Gasteiger charge is 2.32. The van der Waals surface area contributed by atoms with Crippen LogP contribution in [0.5, 0.6) is 0 Å². The molecule has 152 valence electrons. The SMILES string of the molecule is CCCS(=O)(=O)N1CCCC(C(=O)Nc2cc(-c3ccc(CC)cc3)no2)C1. The van der Waals surface area contributed by atoms with E-state index in [1.54, 1.807) is 6.07 Å². The van der Waals surface area contributed by atoms with Crippen LogP contribution >= 0.6 is 0 Å². The number of rotatable bonds is 7. The van der Waals surface area contributed by atoms with Gasteiger partial charge in [0.1, 0.15) is 5.69 Å². The quantitative estimate of drug-likeness (QED) is 0.763. The third-order valence-corrected chi connectivity index (χ3v) is 7.07. The largest absolute Gasteiger partial charge is 0.338 e. The van der Waals surface area contributed by atoms with Crippen molar-refractivity contribution >= 4 is 21.8 Å². The second kappa shape index (κ2) is 8.87. The van der Waals surface area contributed by atoms with Crippen LogP contribution in [0.25, 0.3) is 11.3 Å². The number of piperidine rings is 1. The predicted molar refractivity (Wildman–Crippen MR) is 108 cm³/mol. The zero-order valence-corrected chi connectivity index (χ0v) is 17.2. The van der Waals surface area contributed by atoms with E-state index in [2.05, 4.69) is 17.4 Å². The maximum absolute atomic E-state index is 12.6. The van der Waals surface area contributed by atoms with Crippen molar-refractivity contribution in [1.82, 2.24) is 9.46 Å². The molecule has 0 radical (unpaired) electrons. The maximum atomic E-state index is 12.6. The third kappa shape index (κ3) is 4.80. The van der Waals surface area contributed by atoms with Gasteiger partial charge in [-0.3, -0.25) is 10.1 Å². The maximum Gasteiger partial charge on any atom is 0.231 e. The summed E-state index contributed by atoms with van der Waals surface area (Å²) in [5, 5.41) is 6.76. The molecule has 0 saturated carbocycles. The van der Waals surface area contributed by atoms with Gasteiger partial charge in [-0.05, 0) is 31.2 Å². The van der Waals surface area contributed by atoms with Crippen molar-refractivity contribution in [2.24, 2.45) is 5.92 Å². The molecule has 1 aromatic carbocycles. The zero-order valence-electron chi connectivity index (χ0n) is 16.3. The molecule has 28 heavy (non-hydrogen) atoms. The van der Waals surface area contributed by atoms with E-state index in [9.17, 15) is 13.2 Å². The topological polar surface area (TPSA) is 92.5 Å². The van der Waals surface area contributed by atoms with Crippen LogP contribution in [-0.2, 0) is 21.2 Å². The van der Waals surface area contributed by atoms with Crippen molar-refractivity contribution in [1.29, 1.82) is 0 Å². The highest BCUT2D eigenvalue weighted by molar-refractivity contribution is 7.89. The molecule has 1 aliphatic heterocycles. The summed E-state index contributed by atoms with van der Waals surface area (Å²) in [6, 6.07) is 9.71. The van der Waals surface area contributed by atoms with Crippen molar-refractivity contribution in [3.05, 3.63) is 35.9 Å². The van der Waals surface area contributed by atoms with E-state index in [0.717, 1.165) is 12.0 Å². The number of hydrogen-bond acceptors (Lipinski definition) is 5. The highest BCUT2D eigenvalue weighted by Crippen LogP contribution is 2.25. The monoisotopic (exact) mass is 405 g/mol. The Hall–Kier alpha value is -2.19. The van der Waals surface area contributed by atoms with Crippen molar-refractivity contribution in [3.63, 3.8) is 0 Å². The number of anilines is 1. The van der Waals surface area contributed by atoms with E-state index in [0.29, 0.717) is 31.5 Å². The first kappa shape index (κ1) is 20.5. The molecule has 1 aliphatic rings. The Labute approximate surface area is 166 Å². The smallest absolute Gasteiger partial charge is 0.231 e. The summed E-state index contributed by atoms with van der Waals surface area (Å²) in [7, 11) is -3.29. The molecular weight excluding hydrogens is 378 g/mol. The van der Waals surface area contributed by atoms with Crippen molar-refractivity contribution in [2.75, 3.05) is 24.2 Å². The molecule has 1 saturated heterocycles. The van der Waals surface area contributed by atoms with E-state index in [1.807, 2.05) is 31.2 Å². The number of hydrogen-bond donors (Lipinski definition) is 1. The Balaban J connectivity index is 1.64. The second-order valence-electron chi connectivity index (χ2n) is 7.13. The third-order valence-electron chi connectivity index (χ3n) is 5.02. The summed E-state index contributed by atoms with van der Waals surface area (Å²) in [5.74, 6) is -0.241. The Morgan fingerprint density at radius 2 is 2.04 bits per heavy atom. The number of benzene rings is 1. The van der Waals surface area contributed by atoms with Crippen molar-refractivity contribution < 1.29 is 17.7 Å². The summed E-state index contributed by atoms with van der Waals surface area (Å²) >= 11 is 0. The minimum atomic E-state index is -3.29. The van der Waals surface area contributed by atoms with Gasteiger partial charge >= 0.3 is 0 Å². The minimum Gasteiger partial charge on any atom is -0.338 e. The van der Waals surface area contributed by atoms with Gasteiger partial charge in [-0.2, -0.15) is 0 Å². The van der Waals surface area contributed by atoms with Crippen LogP contribution in [0.15, 0.2) is 34.9 Å².